The molecule has 4 rings (SSSR count). The topological polar surface area (TPSA) is 36.0 Å². The van der Waals surface area contributed by atoms with Gasteiger partial charge in [-0.3, -0.25) is 14.7 Å². The van der Waals surface area contributed by atoms with Gasteiger partial charge < -0.3 is 4.74 Å². The summed E-state index contributed by atoms with van der Waals surface area (Å²) < 4.78 is 5.27. The summed E-state index contributed by atoms with van der Waals surface area (Å²) in [7, 11) is 1.68. The quantitative estimate of drug-likeness (QED) is 0.859. The van der Waals surface area contributed by atoms with E-state index in [-0.39, 0.29) is 11.9 Å². The monoisotopic (exact) mass is 337 g/mol. The minimum atomic E-state index is 0.190. The summed E-state index contributed by atoms with van der Waals surface area (Å²) in [5.41, 5.74) is 2.49. The van der Waals surface area contributed by atoms with Crippen LogP contribution in [0.4, 0.5) is 0 Å². The van der Waals surface area contributed by atoms with E-state index in [0.29, 0.717) is 13.1 Å². The molecule has 2 aliphatic heterocycles. The predicted octanol–water partition coefficient (Wildman–Crippen LogP) is 2.66. The van der Waals surface area contributed by atoms with Crippen molar-refractivity contribution in [1.82, 2.24) is 14.9 Å². The van der Waals surface area contributed by atoms with Crippen molar-refractivity contribution in [2.75, 3.05) is 26.9 Å². The van der Waals surface area contributed by atoms with E-state index in [4.69, 9.17) is 4.74 Å². The van der Waals surface area contributed by atoms with E-state index in [0.717, 1.165) is 25.4 Å². The lowest BCUT2D eigenvalue weighted by Gasteiger charge is -2.45. The molecule has 0 aliphatic carbocycles. The molecule has 130 valence electrons. The van der Waals surface area contributed by atoms with Gasteiger partial charge in [-0.2, -0.15) is 0 Å². The summed E-state index contributed by atoms with van der Waals surface area (Å²) >= 11 is 0. The van der Waals surface area contributed by atoms with Crippen molar-refractivity contribution in [2.24, 2.45) is 0 Å². The maximum Gasteiger partial charge on any atom is 0.239 e. The molecule has 2 saturated heterocycles. The lowest BCUT2D eigenvalue weighted by molar-refractivity contribution is -0.158. The maximum atomic E-state index is 12.3. The molecule has 25 heavy (non-hydrogen) atoms. The molecule has 2 fully saturated rings. The highest BCUT2D eigenvalue weighted by molar-refractivity contribution is 5.77. The third-order valence-corrected chi connectivity index (χ3v) is 5.03. The molecule has 0 saturated carbocycles. The summed E-state index contributed by atoms with van der Waals surface area (Å²) in [5, 5.41) is 4.15. The van der Waals surface area contributed by atoms with Crippen LogP contribution in [0.15, 0.2) is 54.6 Å². The number of ether oxygens (including phenoxy) is 1. The van der Waals surface area contributed by atoms with Crippen LogP contribution < -0.4 is 4.74 Å². The number of methoxy groups -OCH3 is 1. The van der Waals surface area contributed by atoms with E-state index in [1.165, 1.54) is 11.1 Å². The van der Waals surface area contributed by atoms with E-state index in [9.17, 15) is 4.79 Å². The highest BCUT2D eigenvalue weighted by Crippen LogP contribution is 2.33. The van der Waals surface area contributed by atoms with Crippen molar-refractivity contribution in [1.29, 1.82) is 0 Å². The summed E-state index contributed by atoms with van der Waals surface area (Å²) in [5.74, 6) is 1.08. The SMILES string of the molecule is COc1ccc(C2CN(Cc3ccccc3)CN3C(=O)CCN23)cc1. The molecule has 2 aromatic carbocycles. The van der Waals surface area contributed by atoms with Crippen molar-refractivity contribution in [3.63, 3.8) is 0 Å². The first-order valence-corrected chi connectivity index (χ1v) is 8.72. The average Bonchev–Trinajstić information content (AvgIpc) is 3.03. The second kappa shape index (κ2) is 6.86. The molecule has 2 aromatic rings. The molecule has 2 aliphatic rings. The molecular weight excluding hydrogens is 314 g/mol. The number of fused-ring (bicyclic) bond motifs is 1. The number of amides is 1. The number of hydrogen-bond donors (Lipinski definition) is 0. The minimum absolute atomic E-state index is 0.190. The van der Waals surface area contributed by atoms with Gasteiger partial charge in [-0.25, -0.2) is 5.01 Å². The van der Waals surface area contributed by atoms with Crippen LogP contribution in [-0.4, -0.2) is 47.7 Å². The van der Waals surface area contributed by atoms with Gasteiger partial charge in [-0.15, -0.1) is 0 Å². The number of nitrogens with zero attached hydrogens (tertiary/aromatic N) is 3. The van der Waals surface area contributed by atoms with E-state index >= 15 is 0 Å². The van der Waals surface area contributed by atoms with Gasteiger partial charge in [0.1, 0.15) is 5.75 Å². The molecule has 2 heterocycles. The number of hydrazine groups is 1. The zero-order chi connectivity index (χ0) is 17.2. The largest absolute Gasteiger partial charge is 0.497 e. The second-order valence-electron chi connectivity index (χ2n) is 6.63. The fraction of sp³-hybridized carbons (Fsp3) is 0.350. The van der Waals surface area contributed by atoms with Crippen LogP contribution in [0.5, 0.6) is 5.75 Å². The van der Waals surface area contributed by atoms with Gasteiger partial charge in [0.2, 0.25) is 5.91 Å². The molecule has 1 atom stereocenters. The molecule has 0 radical (unpaired) electrons. The lowest BCUT2D eigenvalue weighted by atomic mass is 10.0. The predicted molar refractivity (Wildman–Crippen MR) is 95.6 cm³/mol. The van der Waals surface area contributed by atoms with Gasteiger partial charge in [0.05, 0.1) is 19.8 Å². The Morgan fingerprint density at radius 2 is 1.84 bits per heavy atom. The summed E-state index contributed by atoms with van der Waals surface area (Å²) in [4.78, 5) is 14.7. The number of hydrogen-bond acceptors (Lipinski definition) is 4. The van der Waals surface area contributed by atoms with E-state index < -0.39 is 0 Å². The first-order valence-electron chi connectivity index (χ1n) is 8.72. The molecule has 5 heteroatoms. The Morgan fingerprint density at radius 1 is 1.08 bits per heavy atom. The molecule has 1 unspecified atom stereocenters. The fourth-order valence-electron chi connectivity index (χ4n) is 3.73. The van der Waals surface area contributed by atoms with Crippen molar-refractivity contribution < 1.29 is 9.53 Å². The smallest absolute Gasteiger partial charge is 0.239 e. The first kappa shape index (κ1) is 16.1. The molecular formula is C20H23N3O2. The Labute approximate surface area is 148 Å². The van der Waals surface area contributed by atoms with E-state index in [1.807, 2.05) is 23.2 Å². The van der Waals surface area contributed by atoms with Crippen molar-refractivity contribution in [3.05, 3.63) is 65.7 Å². The van der Waals surface area contributed by atoms with Crippen LogP contribution >= 0.6 is 0 Å². The number of rotatable bonds is 4. The summed E-state index contributed by atoms with van der Waals surface area (Å²) in [6, 6.07) is 18.8. The standard InChI is InChI=1S/C20H23N3O2/c1-25-18-9-7-17(8-10-18)19-14-21(13-16-5-3-2-4-6-16)15-23-20(24)11-12-22(19)23/h2-10,19H,11-15H2,1H3. The van der Waals surface area contributed by atoms with Crippen LogP contribution in [0.25, 0.3) is 0 Å². The highest BCUT2D eigenvalue weighted by Gasteiger charge is 2.40. The molecule has 0 aromatic heterocycles. The molecule has 5 nitrogen and oxygen atoms in total. The van der Waals surface area contributed by atoms with Gasteiger partial charge in [-0.05, 0) is 23.3 Å². The van der Waals surface area contributed by atoms with Gasteiger partial charge in [0.25, 0.3) is 0 Å². The Bertz CT molecular complexity index is 732. The van der Waals surface area contributed by atoms with Crippen LogP contribution in [-0.2, 0) is 11.3 Å². The second-order valence-corrected chi connectivity index (χ2v) is 6.63. The van der Waals surface area contributed by atoms with Crippen LogP contribution in [0, 0.1) is 0 Å². The van der Waals surface area contributed by atoms with Crippen LogP contribution in [0.3, 0.4) is 0 Å². The Kier molecular flexibility index (Phi) is 4.42. The van der Waals surface area contributed by atoms with Crippen molar-refractivity contribution in [3.8, 4) is 5.75 Å². The Balaban J connectivity index is 1.58. The normalized spacial score (nSPS) is 21.4. The summed E-state index contributed by atoms with van der Waals surface area (Å²) in [6.07, 6.45) is 0.603. The lowest BCUT2D eigenvalue weighted by Crippen LogP contribution is -2.55. The van der Waals surface area contributed by atoms with E-state index in [1.54, 1.807) is 7.11 Å². The molecule has 0 N–H and O–H groups in total. The van der Waals surface area contributed by atoms with Gasteiger partial charge >= 0.3 is 0 Å². The average molecular weight is 337 g/mol. The highest BCUT2D eigenvalue weighted by atomic mass is 16.5. The van der Waals surface area contributed by atoms with Crippen LogP contribution in [0.2, 0.25) is 0 Å². The van der Waals surface area contributed by atoms with Gasteiger partial charge in [0, 0.05) is 26.1 Å². The van der Waals surface area contributed by atoms with Gasteiger partial charge in [0.15, 0.2) is 0 Å². The number of carbonyl (C=O) groups excluding carboxylic acids is 1. The van der Waals surface area contributed by atoms with Crippen LogP contribution in [0.1, 0.15) is 23.6 Å². The van der Waals surface area contributed by atoms with Crippen molar-refractivity contribution >= 4 is 5.91 Å². The Hall–Kier alpha value is -2.37. The third kappa shape index (κ3) is 3.25. The number of benzene rings is 2. The molecule has 0 bridgehead atoms. The maximum absolute atomic E-state index is 12.3. The summed E-state index contributed by atoms with van der Waals surface area (Å²) in [6.45, 7) is 3.23. The van der Waals surface area contributed by atoms with Crippen molar-refractivity contribution in [2.45, 2.75) is 19.0 Å². The first-order chi connectivity index (χ1) is 12.2. The minimum Gasteiger partial charge on any atom is -0.497 e. The molecule has 1 amide bonds. The van der Waals surface area contributed by atoms with E-state index in [2.05, 4.69) is 46.3 Å². The fourth-order valence-corrected chi connectivity index (χ4v) is 3.73. The molecule has 0 spiro atoms. The zero-order valence-corrected chi connectivity index (χ0v) is 14.5. The Morgan fingerprint density at radius 3 is 2.56 bits per heavy atom. The van der Waals surface area contributed by atoms with Gasteiger partial charge in [-0.1, -0.05) is 42.5 Å². The zero-order valence-electron chi connectivity index (χ0n) is 14.5. The third-order valence-electron chi connectivity index (χ3n) is 5.03. The number of carbonyl (C=O) groups is 1.